The van der Waals surface area contributed by atoms with E-state index in [1.54, 1.807) is 0 Å². The molecule has 0 amide bonds. The van der Waals surface area contributed by atoms with Crippen LogP contribution in [0.25, 0.3) is 0 Å². The normalized spacial score (nSPS) is 18.6. The lowest BCUT2D eigenvalue weighted by molar-refractivity contribution is 0.529. The number of hydrogen-bond donors (Lipinski definition) is 1. The summed E-state index contributed by atoms with van der Waals surface area (Å²) in [5.74, 6) is 0.823. The lowest BCUT2D eigenvalue weighted by atomic mass is 10.0. The van der Waals surface area contributed by atoms with Crippen LogP contribution in [0.5, 0.6) is 0 Å². The molecule has 1 saturated carbocycles. The molecule has 0 heterocycles. The molecule has 0 radical (unpaired) electrons. The van der Waals surface area contributed by atoms with E-state index in [-0.39, 0.29) is 0 Å². The van der Waals surface area contributed by atoms with Crippen LogP contribution >= 0.6 is 11.6 Å². The van der Waals surface area contributed by atoms with Crippen molar-refractivity contribution in [1.29, 1.82) is 0 Å². The molecule has 0 spiro atoms. The molecule has 70 valence electrons. The van der Waals surface area contributed by atoms with Crippen molar-refractivity contribution in [3.63, 3.8) is 0 Å². The van der Waals surface area contributed by atoms with Crippen molar-refractivity contribution in [2.45, 2.75) is 18.9 Å². The van der Waals surface area contributed by atoms with Crippen molar-refractivity contribution in [2.75, 3.05) is 7.05 Å². The van der Waals surface area contributed by atoms with Gasteiger partial charge in [-0.3, -0.25) is 0 Å². The number of rotatable bonds is 3. The van der Waals surface area contributed by atoms with Gasteiger partial charge >= 0.3 is 0 Å². The van der Waals surface area contributed by atoms with E-state index in [1.165, 1.54) is 18.4 Å². The van der Waals surface area contributed by atoms with E-state index in [4.69, 9.17) is 11.6 Å². The molecule has 1 aromatic rings. The van der Waals surface area contributed by atoms with Gasteiger partial charge in [0.1, 0.15) is 0 Å². The molecule has 0 saturated heterocycles. The molecular formula is C11H14ClN. The van der Waals surface area contributed by atoms with E-state index < -0.39 is 0 Å². The lowest BCUT2D eigenvalue weighted by Gasteiger charge is -2.15. The molecule has 1 atom stereocenters. The van der Waals surface area contributed by atoms with Gasteiger partial charge in [-0.25, -0.2) is 0 Å². The Morgan fingerprint density at radius 3 is 2.77 bits per heavy atom. The first-order valence-corrected chi connectivity index (χ1v) is 5.12. The van der Waals surface area contributed by atoms with Gasteiger partial charge in [-0.2, -0.15) is 0 Å². The monoisotopic (exact) mass is 195 g/mol. The Morgan fingerprint density at radius 2 is 2.23 bits per heavy atom. The second-order valence-corrected chi connectivity index (χ2v) is 4.10. The largest absolute Gasteiger partial charge is 0.313 e. The summed E-state index contributed by atoms with van der Waals surface area (Å²) in [6, 6.07) is 8.64. The fraction of sp³-hybridized carbons (Fsp3) is 0.455. The first-order chi connectivity index (χ1) is 6.31. The van der Waals surface area contributed by atoms with Crippen LogP contribution in [0.1, 0.15) is 24.4 Å². The highest BCUT2D eigenvalue weighted by Gasteiger charge is 2.30. The maximum Gasteiger partial charge on any atom is 0.0409 e. The van der Waals surface area contributed by atoms with E-state index in [2.05, 4.69) is 17.4 Å². The fourth-order valence-electron chi connectivity index (χ4n) is 1.80. The van der Waals surface area contributed by atoms with Crippen molar-refractivity contribution >= 4 is 11.6 Å². The lowest BCUT2D eigenvalue weighted by Crippen LogP contribution is -2.18. The molecule has 1 fully saturated rings. The van der Waals surface area contributed by atoms with Gasteiger partial charge in [0.25, 0.3) is 0 Å². The van der Waals surface area contributed by atoms with Crippen molar-refractivity contribution < 1.29 is 0 Å². The summed E-state index contributed by atoms with van der Waals surface area (Å²) < 4.78 is 0. The maximum absolute atomic E-state index is 5.94. The second-order valence-electron chi connectivity index (χ2n) is 3.66. The minimum Gasteiger partial charge on any atom is -0.313 e. The summed E-state index contributed by atoms with van der Waals surface area (Å²) in [6.07, 6.45) is 2.69. The zero-order chi connectivity index (χ0) is 9.26. The van der Waals surface area contributed by atoms with Crippen LogP contribution < -0.4 is 5.32 Å². The van der Waals surface area contributed by atoms with Gasteiger partial charge in [0, 0.05) is 11.1 Å². The molecule has 2 rings (SSSR count). The third-order valence-corrected chi connectivity index (χ3v) is 2.85. The third-order valence-electron chi connectivity index (χ3n) is 2.61. The van der Waals surface area contributed by atoms with Gasteiger partial charge in [0.05, 0.1) is 0 Å². The van der Waals surface area contributed by atoms with Gasteiger partial charge in [0.15, 0.2) is 0 Å². The van der Waals surface area contributed by atoms with Crippen LogP contribution in [0.3, 0.4) is 0 Å². The highest BCUT2D eigenvalue weighted by atomic mass is 35.5. The highest BCUT2D eigenvalue weighted by molar-refractivity contribution is 6.30. The first-order valence-electron chi connectivity index (χ1n) is 4.74. The summed E-state index contributed by atoms with van der Waals surface area (Å²) >= 11 is 5.94. The first kappa shape index (κ1) is 9.04. The molecule has 2 heteroatoms. The Hall–Kier alpha value is -0.530. The van der Waals surface area contributed by atoms with Crippen LogP contribution in [-0.2, 0) is 0 Å². The summed E-state index contributed by atoms with van der Waals surface area (Å²) in [6.45, 7) is 0. The minimum absolute atomic E-state index is 0.499. The topological polar surface area (TPSA) is 12.0 Å². The Labute approximate surface area is 84.1 Å². The molecule has 1 aliphatic rings. The number of hydrogen-bond acceptors (Lipinski definition) is 1. The molecule has 1 unspecified atom stereocenters. The van der Waals surface area contributed by atoms with Crippen molar-refractivity contribution in [2.24, 2.45) is 5.92 Å². The summed E-state index contributed by atoms with van der Waals surface area (Å²) in [4.78, 5) is 0. The molecule has 1 N–H and O–H groups in total. The zero-order valence-corrected chi connectivity index (χ0v) is 8.51. The van der Waals surface area contributed by atoms with Crippen LogP contribution in [0.4, 0.5) is 0 Å². The van der Waals surface area contributed by atoms with Crippen LogP contribution in [0.15, 0.2) is 24.3 Å². The van der Waals surface area contributed by atoms with Gasteiger partial charge in [-0.15, -0.1) is 0 Å². The molecule has 0 aromatic heterocycles. The Kier molecular flexibility index (Phi) is 2.56. The van der Waals surface area contributed by atoms with Gasteiger partial charge in [-0.05, 0) is 43.5 Å². The molecule has 0 aliphatic heterocycles. The van der Waals surface area contributed by atoms with Gasteiger partial charge in [-0.1, -0.05) is 23.7 Å². The zero-order valence-electron chi connectivity index (χ0n) is 7.76. The van der Waals surface area contributed by atoms with Crippen LogP contribution in [0.2, 0.25) is 5.02 Å². The van der Waals surface area contributed by atoms with Crippen molar-refractivity contribution in [1.82, 2.24) is 5.32 Å². The molecule has 13 heavy (non-hydrogen) atoms. The average molecular weight is 196 g/mol. The molecule has 1 aromatic carbocycles. The van der Waals surface area contributed by atoms with E-state index >= 15 is 0 Å². The van der Waals surface area contributed by atoms with E-state index in [9.17, 15) is 0 Å². The van der Waals surface area contributed by atoms with Gasteiger partial charge in [0.2, 0.25) is 0 Å². The van der Waals surface area contributed by atoms with E-state index in [0.29, 0.717) is 6.04 Å². The summed E-state index contributed by atoms with van der Waals surface area (Å²) in [5, 5.41) is 4.18. The fourth-order valence-corrected chi connectivity index (χ4v) is 2.00. The molecular weight excluding hydrogens is 182 g/mol. The third kappa shape index (κ3) is 2.04. The quantitative estimate of drug-likeness (QED) is 0.782. The number of nitrogens with one attached hydrogen (secondary N) is 1. The minimum atomic E-state index is 0.499. The smallest absolute Gasteiger partial charge is 0.0409 e. The Morgan fingerprint density at radius 1 is 1.46 bits per heavy atom. The second kappa shape index (κ2) is 3.69. The average Bonchev–Trinajstić information content (AvgIpc) is 2.90. The molecule has 1 nitrogen and oxygen atoms in total. The van der Waals surface area contributed by atoms with Crippen molar-refractivity contribution in [3.05, 3.63) is 34.9 Å². The van der Waals surface area contributed by atoms with Gasteiger partial charge < -0.3 is 5.32 Å². The van der Waals surface area contributed by atoms with E-state index in [0.717, 1.165) is 10.9 Å². The van der Waals surface area contributed by atoms with Crippen molar-refractivity contribution in [3.8, 4) is 0 Å². The molecule has 0 bridgehead atoms. The number of benzene rings is 1. The number of halogens is 1. The summed E-state index contributed by atoms with van der Waals surface area (Å²) in [5.41, 5.74) is 1.32. The van der Waals surface area contributed by atoms with Crippen LogP contribution in [-0.4, -0.2) is 7.05 Å². The predicted octanol–water partition coefficient (Wildman–Crippen LogP) is 3.01. The predicted molar refractivity (Wildman–Crippen MR) is 56.0 cm³/mol. The SMILES string of the molecule is CNC(c1cccc(Cl)c1)C1CC1. The van der Waals surface area contributed by atoms with E-state index in [1.807, 2.05) is 19.2 Å². The van der Waals surface area contributed by atoms with Crippen LogP contribution in [0, 0.1) is 5.92 Å². The molecule has 1 aliphatic carbocycles. The maximum atomic E-state index is 5.94. The Bertz CT molecular complexity index is 294. The Balaban J connectivity index is 2.21. The standard InChI is InChI=1S/C11H14ClN/c1-13-11(8-5-6-8)9-3-2-4-10(12)7-9/h2-4,7-8,11,13H,5-6H2,1H3. The summed E-state index contributed by atoms with van der Waals surface area (Å²) in [7, 11) is 2.02. The highest BCUT2D eigenvalue weighted by Crippen LogP contribution is 2.41.